The fourth-order valence-corrected chi connectivity index (χ4v) is 7.28. The molecule has 1 aromatic rings. The zero-order valence-corrected chi connectivity index (χ0v) is 20.4. The molecule has 5 rings (SSSR count). The van der Waals surface area contributed by atoms with E-state index in [2.05, 4.69) is 0 Å². The summed E-state index contributed by atoms with van der Waals surface area (Å²) in [5.41, 5.74) is 1.23. The Morgan fingerprint density at radius 1 is 1.06 bits per heavy atom. The lowest BCUT2D eigenvalue weighted by Gasteiger charge is -2.50. The van der Waals surface area contributed by atoms with Gasteiger partial charge in [-0.25, -0.2) is 0 Å². The van der Waals surface area contributed by atoms with E-state index in [1.54, 1.807) is 19.1 Å². The molecule has 10 heteroatoms. The molecule has 2 aliphatic carbocycles. The molecule has 1 aromatic carbocycles. The van der Waals surface area contributed by atoms with Crippen molar-refractivity contribution >= 4 is 46.8 Å². The first-order valence-electron chi connectivity index (χ1n) is 11.2. The Bertz CT molecular complexity index is 1180. The van der Waals surface area contributed by atoms with Crippen LogP contribution in [0.25, 0.3) is 0 Å². The van der Waals surface area contributed by atoms with Crippen molar-refractivity contribution in [2.45, 2.75) is 35.4 Å². The molecule has 2 heterocycles. The molecule has 1 N–H and O–H groups in total. The van der Waals surface area contributed by atoms with E-state index in [0.29, 0.717) is 24.2 Å². The summed E-state index contributed by atoms with van der Waals surface area (Å²) in [5, 5.41) is 10.2. The maximum atomic E-state index is 13.5. The maximum absolute atomic E-state index is 13.5. The van der Waals surface area contributed by atoms with Crippen molar-refractivity contribution in [3.05, 3.63) is 35.4 Å². The average Bonchev–Trinajstić information content (AvgIpc) is 3.10. The Labute approximate surface area is 206 Å². The quantitative estimate of drug-likeness (QED) is 0.383. The van der Waals surface area contributed by atoms with Crippen molar-refractivity contribution in [3.8, 4) is 11.5 Å². The second kappa shape index (κ2) is 7.46. The van der Waals surface area contributed by atoms with Gasteiger partial charge in [0.25, 0.3) is 11.8 Å². The number of carbonyl (C=O) groups excluding carboxylic acids is 4. The van der Waals surface area contributed by atoms with Crippen LogP contribution in [0.3, 0.4) is 0 Å². The van der Waals surface area contributed by atoms with Crippen molar-refractivity contribution in [2.75, 3.05) is 20.7 Å². The van der Waals surface area contributed by atoms with Crippen LogP contribution in [0.1, 0.15) is 31.2 Å². The lowest BCUT2D eigenvalue weighted by molar-refractivity contribution is -0.140. The van der Waals surface area contributed by atoms with Crippen LogP contribution in [0.5, 0.6) is 11.5 Å². The number of amides is 4. The van der Waals surface area contributed by atoms with Crippen LogP contribution in [-0.2, 0) is 19.2 Å². The second-order valence-electron chi connectivity index (χ2n) is 9.39. The molecule has 1 saturated carbocycles. The van der Waals surface area contributed by atoms with E-state index in [1.165, 1.54) is 20.2 Å². The number of ether oxygens (including phenoxy) is 1. The van der Waals surface area contributed by atoms with E-state index >= 15 is 0 Å². The van der Waals surface area contributed by atoms with Crippen LogP contribution in [-0.4, -0.2) is 69.0 Å². The van der Waals surface area contributed by atoms with Crippen molar-refractivity contribution in [1.29, 1.82) is 0 Å². The lowest BCUT2D eigenvalue weighted by Crippen LogP contribution is -2.60. The number of nitrogens with zero attached hydrogens (tertiary/aromatic N) is 2. The Morgan fingerprint density at radius 3 is 2.44 bits per heavy atom. The van der Waals surface area contributed by atoms with E-state index in [4.69, 9.17) is 27.9 Å². The molecule has 180 valence electrons. The highest BCUT2D eigenvalue weighted by molar-refractivity contribution is 6.53. The number of fused-ring (bicyclic) bond motifs is 4. The van der Waals surface area contributed by atoms with Crippen LogP contribution >= 0.6 is 23.2 Å². The SMILES string of the molecule is CCOc1cc([C@H]2C3=CC[C@@H]4C(=O)N(C)C(=O)[C@@H]4[C@@H]3C[C@@]3(Cl)C(=O)N(C)C(=O)[C@@]23Cl)ccc1O. The molecule has 4 aliphatic rings. The Kier molecular flexibility index (Phi) is 5.08. The first-order valence-corrected chi connectivity index (χ1v) is 11.9. The summed E-state index contributed by atoms with van der Waals surface area (Å²) in [4.78, 5) is 51.0. The normalized spacial score (nSPS) is 36.9. The molecular weight excluding hydrogens is 483 g/mol. The van der Waals surface area contributed by atoms with Crippen molar-refractivity contribution < 1.29 is 29.0 Å². The Hall–Kier alpha value is -2.58. The topological polar surface area (TPSA) is 104 Å². The molecule has 34 heavy (non-hydrogen) atoms. The van der Waals surface area contributed by atoms with Crippen LogP contribution < -0.4 is 4.74 Å². The van der Waals surface area contributed by atoms with Crippen LogP contribution in [0.2, 0.25) is 0 Å². The molecule has 4 amide bonds. The van der Waals surface area contributed by atoms with Crippen molar-refractivity contribution in [1.82, 2.24) is 9.80 Å². The molecule has 6 atom stereocenters. The van der Waals surface area contributed by atoms with E-state index in [-0.39, 0.29) is 29.7 Å². The van der Waals surface area contributed by atoms with Crippen LogP contribution in [0.15, 0.2) is 29.8 Å². The monoisotopic (exact) mass is 506 g/mol. The van der Waals surface area contributed by atoms with Crippen LogP contribution in [0, 0.1) is 17.8 Å². The molecule has 0 bridgehead atoms. The van der Waals surface area contributed by atoms with Gasteiger partial charge in [-0.05, 0) is 43.4 Å². The number of benzene rings is 1. The van der Waals surface area contributed by atoms with Gasteiger partial charge in [0.1, 0.15) is 0 Å². The van der Waals surface area contributed by atoms with Gasteiger partial charge in [0.15, 0.2) is 21.2 Å². The molecule has 0 unspecified atom stereocenters. The minimum atomic E-state index is -1.85. The number of hydrogen-bond donors (Lipinski definition) is 1. The smallest absolute Gasteiger partial charge is 0.253 e. The van der Waals surface area contributed by atoms with E-state index in [0.717, 1.165) is 9.80 Å². The number of carbonyl (C=O) groups is 4. The maximum Gasteiger partial charge on any atom is 0.253 e. The molecule has 0 radical (unpaired) electrons. The molecule has 0 spiro atoms. The summed E-state index contributed by atoms with van der Waals surface area (Å²) in [7, 11) is 2.80. The van der Waals surface area contributed by atoms with Gasteiger partial charge in [-0.1, -0.05) is 17.7 Å². The minimum absolute atomic E-state index is 0.0419. The zero-order valence-electron chi connectivity index (χ0n) is 18.9. The average molecular weight is 507 g/mol. The second-order valence-corrected chi connectivity index (χ2v) is 10.6. The molecule has 2 aliphatic heterocycles. The summed E-state index contributed by atoms with van der Waals surface area (Å²) in [5.74, 6) is -4.38. The van der Waals surface area contributed by atoms with E-state index in [1.807, 2.05) is 6.08 Å². The minimum Gasteiger partial charge on any atom is -0.504 e. The third kappa shape index (κ3) is 2.67. The predicted molar refractivity (Wildman–Crippen MR) is 123 cm³/mol. The Morgan fingerprint density at radius 2 is 1.76 bits per heavy atom. The summed E-state index contributed by atoms with van der Waals surface area (Å²) >= 11 is 14.1. The fraction of sp³-hybridized carbons (Fsp3) is 0.500. The van der Waals surface area contributed by atoms with Crippen LogP contribution in [0.4, 0.5) is 0 Å². The largest absolute Gasteiger partial charge is 0.504 e. The van der Waals surface area contributed by atoms with Gasteiger partial charge in [-0.15, -0.1) is 23.2 Å². The summed E-state index contributed by atoms with van der Waals surface area (Å²) in [6.45, 7) is 2.07. The lowest BCUT2D eigenvalue weighted by atomic mass is 9.56. The van der Waals surface area contributed by atoms with Gasteiger partial charge in [0.2, 0.25) is 11.8 Å². The fourth-order valence-electron chi connectivity index (χ4n) is 6.26. The number of imide groups is 2. The number of allylic oxidation sites excluding steroid dienone is 2. The van der Waals surface area contributed by atoms with Gasteiger partial charge in [-0.3, -0.25) is 29.0 Å². The molecule has 0 aromatic heterocycles. The third-order valence-electron chi connectivity index (χ3n) is 7.85. The predicted octanol–water partition coefficient (Wildman–Crippen LogP) is 2.41. The highest BCUT2D eigenvalue weighted by atomic mass is 35.5. The van der Waals surface area contributed by atoms with Gasteiger partial charge in [0.05, 0.1) is 18.4 Å². The van der Waals surface area contributed by atoms with Gasteiger partial charge < -0.3 is 9.84 Å². The number of phenols is 1. The number of likely N-dealkylation sites (tertiary alicyclic amines) is 2. The van der Waals surface area contributed by atoms with E-state index < -0.39 is 45.2 Å². The van der Waals surface area contributed by atoms with Gasteiger partial charge in [0, 0.05) is 20.0 Å². The van der Waals surface area contributed by atoms with Gasteiger partial charge >= 0.3 is 0 Å². The summed E-state index contributed by atoms with van der Waals surface area (Å²) in [6.07, 6.45) is 2.14. The van der Waals surface area contributed by atoms with Crippen molar-refractivity contribution in [2.24, 2.45) is 17.8 Å². The number of alkyl halides is 2. The summed E-state index contributed by atoms with van der Waals surface area (Å²) in [6, 6.07) is 4.64. The van der Waals surface area contributed by atoms with Gasteiger partial charge in [-0.2, -0.15) is 0 Å². The highest BCUT2D eigenvalue weighted by Crippen LogP contribution is 2.65. The number of hydrogen-bond acceptors (Lipinski definition) is 6. The first kappa shape index (κ1) is 23.2. The standard InChI is InChI=1S/C24H24Cl2N2O6/c1-4-34-16-9-11(5-8-15(16)29)18-12-6-7-13-17(20(31)27(2)19(13)30)14(12)10-23(25)21(32)28(3)22(33)24(18,23)26/h5-6,8-9,13-14,17-18,29H,4,7,10H2,1-3H3/t13-,14+,17-,18-,23+,24-/m0/s1. The van der Waals surface area contributed by atoms with E-state index in [9.17, 15) is 24.3 Å². The number of aromatic hydroxyl groups is 1. The summed E-state index contributed by atoms with van der Waals surface area (Å²) < 4.78 is 5.54. The molecule has 2 saturated heterocycles. The zero-order chi connectivity index (χ0) is 24.7. The first-order chi connectivity index (χ1) is 16.0. The highest BCUT2D eigenvalue weighted by Gasteiger charge is 2.75. The molecule has 3 fully saturated rings. The third-order valence-corrected chi connectivity index (χ3v) is 9.26. The number of halogens is 2. The molecular formula is C24H24Cl2N2O6. The van der Waals surface area contributed by atoms with Crippen molar-refractivity contribution in [3.63, 3.8) is 0 Å². The Balaban J connectivity index is 1.74. The number of rotatable bonds is 3. The number of phenolic OH excluding ortho intramolecular Hbond substituents is 1. The molecule has 8 nitrogen and oxygen atoms in total.